The van der Waals surface area contributed by atoms with Gasteiger partial charge in [0.2, 0.25) is 5.91 Å². The van der Waals surface area contributed by atoms with Crippen LogP contribution in [-0.2, 0) is 10.5 Å². The van der Waals surface area contributed by atoms with Gasteiger partial charge in [-0.15, -0.1) is 23.1 Å². The molecule has 0 spiro atoms. The number of fused-ring (bicyclic) bond motifs is 1. The number of nitrogens with zero attached hydrogens (tertiary/aromatic N) is 2. The number of carbonyl (C=O) groups is 1. The number of likely N-dealkylation sites (tertiary alicyclic amines) is 1. The molecule has 4 rings (SSSR count). The average Bonchev–Trinajstić information content (AvgIpc) is 3.29. The number of hydrogen-bond donors (Lipinski definition) is 1. The molecule has 0 aliphatic carbocycles. The Morgan fingerprint density at radius 1 is 1.34 bits per heavy atom. The highest BCUT2D eigenvalue weighted by Gasteiger charge is 2.37. The van der Waals surface area contributed by atoms with Gasteiger partial charge in [-0.25, -0.2) is 4.98 Å². The van der Waals surface area contributed by atoms with Gasteiger partial charge < -0.3 is 9.88 Å². The molecule has 0 radical (unpaired) electrons. The van der Waals surface area contributed by atoms with Gasteiger partial charge in [-0.3, -0.25) is 9.59 Å². The van der Waals surface area contributed by atoms with Crippen LogP contribution >= 0.6 is 23.1 Å². The van der Waals surface area contributed by atoms with Crippen LogP contribution in [0.15, 0.2) is 40.5 Å². The van der Waals surface area contributed by atoms with Crippen LogP contribution in [-0.4, -0.2) is 38.1 Å². The molecule has 3 aromatic rings. The van der Waals surface area contributed by atoms with Crippen molar-refractivity contribution < 1.29 is 4.79 Å². The van der Waals surface area contributed by atoms with Gasteiger partial charge >= 0.3 is 0 Å². The van der Waals surface area contributed by atoms with E-state index in [1.807, 2.05) is 47.5 Å². The van der Waals surface area contributed by atoms with Crippen molar-refractivity contribution >= 4 is 39.2 Å². The molecule has 2 aromatic heterocycles. The van der Waals surface area contributed by atoms with E-state index in [2.05, 4.69) is 23.8 Å². The van der Waals surface area contributed by atoms with Gasteiger partial charge in [-0.1, -0.05) is 30.3 Å². The first kappa shape index (κ1) is 20.2. The number of rotatable bonds is 5. The largest absolute Gasteiger partial charge is 0.337 e. The fraction of sp³-hybridized carbons (Fsp3) is 0.409. The van der Waals surface area contributed by atoms with E-state index in [9.17, 15) is 9.59 Å². The second kappa shape index (κ2) is 7.95. The number of benzene rings is 1. The minimum atomic E-state index is -0.170. The van der Waals surface area contributed by atoms with Crippen LogP contribution in [0, 0.1) is 0 Å². The Labute approximate surface area is 178 Å². The second-order valence-electron chi connectivity index (χ2n) is 8.07. The smallest absolute Gasteiger partial charge is 0.260 e. The van der Waals surface area contributed by atoms with Gasteiger partial charge in [0.15, 0.2) is 0 Å². The van der Waals surface area contributed by atoms with Crippen LogP contribution < -0.4 is 5.56 Å². The van der Waals surface area contributed by atoms with Crippen LogP contribution in [0.25, 0.3) is 21.3 Å². The SMILES string of the molecule is CC(SCc1nc2scc(-c3ccccc3)c2c(=O)[nH]1)C(=O)N1CCCC1(C)C. The molecule has 152 valence electrons. The molecule has 1 atom stereocenters. The Bertz CT molecular complexity index is 1090. The third-order valence-corrected chi connectivity index (χ3v) is 7.58. The molecule has 0 bridgehead atoms. The highest BCUT2D eigenvalue weighted by molar-refractivity contribution is 7.99. The summed E-state index contributed by atoms with van der Waals surface area (Å²) in [6.07, 6.45) is 2.10. The number of carbonyl (C=O) groups excluding carboxylic acids is 1. The summed E-state index contributed by atoms with van der Waals surface area (Å²) in [7, 11) is 0. The number of amides is 1. The Kier molecular flexibility index (Phi) is 5.53. The molecular formula is C22H25N3O2S2. The number of H-pyrrole nitrogens is 1. The Morgan fingerprint density at radius 3 is 2.79 bits per heavy atom. The van der Waals surface area contributed by atoms with E-state index in [0.29, 0.717) is 17.0 Å². The third-order valence-electron chi connectivity index (χ3n) is 5.56. The zero-order valence-corrected chi connectivity index (χ0v) is 18.5. The van der Waals surface area contributed by atoms with Gasteiger partial charge in [-0.05, 0) is 39.2 Å². The maximum Gasteiger partial charge on any atom is 0.260 e. The molecule has 1 aliphatic rings. The molecule has 1 fully saturated rings. The predicted molar refractivity (Wildman–Crippen MR) is 121 cm³/mol. The fourth-order valence-electron chi connectivity index (χ4n) is 3.90. The normalized spacial score (nSPS) is 17.0. The van der Waals surface area contributed by atoms with E-state index >= 15 is 0 Å². The minimum Gasteiger partial charge on any atom is -0.337 e. The lowest BCUT2D eigenvalue weighted by molar-refractivity contribution is -0.133. The molecule has 1 N–H and O–H groups in total. The van der Waals surface area contributed by atoms with Crippen molar-refractivity contribution in [1.29, 1.82) is 0 Å². The van der Waals surface area contributed by atoms with E-state index in [0.717, 1.165) is 35.3 Å². The second-order valence-corrected chi connectivity index (χ2v) is 10.3. The number of thiophene rings is 1. The topological polar surface area (TPSA) is 66.1 Å². The van der Waals surface area contributed by atoms with Crippen molar-refractivity contribution in [2.24, 2.45) is 0 Å². The van der Waals surface area contributed by atoms with Crippen LogP contribution in [0.4, 0.5) is 0 Å². The van der Waals surface area contributed by atoms with Gasteiger partial charge in [0.25, 0.3) is 5.56 Å². The highest BCUT2D eigenvalue weighted by atomic mass is 32.2. The fourth-order valence-corrected chi connectivity index (χ4v) is 5.68. The Hall–Kier alpha value is -2.12. The molecule has 7 heteroatoms. The van der Waals surface area contributed by atoms with E-state index in [-0.39, 0.29) is 22.3 Å². The van der Waals surface area contributed by atoms with Crippen LogP contribution in [0.1, 0.15) is 39.4 Å². The summed E-state index contributed by atoms with van der Waals surface area (Å²) in [4.78, 5) is 35.9. The van der Waals surface area contributed by atoms with Crippen molar-refractivity contribution in [2.45, 2.75) is 50.2 Å². The molecule has 1 amide bonds. The monoisotopic (exact) mass is 427 g/mol. The quantitative estimate of drug-likeness (QED) is 0.642. The first-order valence-corrected chi connectivity index (χ1v) is 11.8. The summed E-state index contributed by atoms with van der Waals surface area (Å²) in [6.45, 7) is 7.03. The summed E-state index contributed by atoms with van der Waals surface area (Å²) in [5, 5.41) is 2.45. The maximum atomic E-state index is 12.8. The molecule has 1 aliphatic heterocycles. The van der Waals surface area contributed by atoms with Gasteiger partial charge in [0.05, 0.1) is 16.4 Å². The van der Waals surface area contributed by atoms with E-state index < -0.39 is 0 Å². The summed E-state index contributed by atoms with van der Waals surface area (Å²) in [6, 6.07) is 9.88. The molecule has 5 nitrogen and oxygen atoms in total. The number of hydrogen-bond acceptors (Lipinski definition) is 5. The summed E-state index contributed by atoms with van der Waals surface area (Å²) < 4.78 is 0. The molecule has 1 unspecified atom stereocenters. The Balaban J connectivity index is 1.51. The van der Waals surface area contributed by atoms with Crippen LogP contribution in [0.5, 0.6) is 0 Å². The number of thioether (sulfide) groups is 1. The standard InChI is InChI=1S/C22H25N3O2S2/c1-14(21(27)25-11-7-10-22(25,2)3)28-13-17-23-19(26)18-16(12-29-20(18)24-17)15-8-5-4-6-9-15/h4-6,8-9,12,14H,7,10-11,13H2,1-3H3,(H,23,24,26). The number of nitrogens with one attached hydrogen (secondary N) is 1. The Morgan fingerprint density at radius 2 is 2.10 bits per heavy atom. The van der Waals surface area contributed by atoms with Crippen LogP contribution in [0.3, 0.4) is 0 Å². The highest BCUT2D eigenvalue weighted by Crippen LogP contribution is 2.32. The summed E-state index contributed by atoms with van der Waals surface area (Å²) in [5.74, 6) is 1.29. The zero-order chi connectivity index (χ0) is 20.6. The lowest BCUT2D eigenvalue weighted by atomic mass is 10.0. The predicted octanol–water partition coefficient (Wildman–Crippen LogP) is 4.67. The number of aromatic nitrogens is 2. The first-order valence-electron chi connectivity index (χ1n) is 9.86. The van der Waals surface area contributed by atoms with Crippen molar-refractivity contribution in [3.8, 4) is 11.1 Å². The van der Waals surface area contributed by atoms with Gasteiger partial charge in [0.1, 0.15) is 10.7 Å². The van der Waals surface area contributed by atoms with Crippen molar-refractivity contribution in [2.75, 3.05) is 6.54 Å². The van der Waals surface area contributed by atoms with E-state index in [1.165, 1.54) is 23.1 Å². The van der Waals surface area contributed by atoms with E-state index in [1.54, 1.807) is 0 Å². The summed E-state index contributed by atoms with van der Waals surface area (Å²) >= 11 is 3.01. The van der Waals surface area contributed by atoms with Crippen LogP contribution in [0.2, 0.25) is 0 Å². The van der Waals surface area contributed by atoms with Gasteiger partial charge in [-0.2, -0.15) is 0 Å². The molecule has 1 aromatic carbocycles. The average molecular weight is 428 g/mol. The molecule has 0 saturated carbocycles. The van der Waals surface area contributed by atoms with E-state index in [4.69, 9.17) is 0 Å². The maximum absolute atomic E-state index is 12.8. The lowest BCUT2D eigenvalue weighted by Crippen LogP contribution is -2.46. The summed E-state index contributed by atoms with van der Waals surface area (Å²) in [5.41, 5.74) is 1.74. The van der Waals surface area contributed by atoms with Gasteiger partial charge in [0, 0.05) is 23.0 Å². The first-order chi connectivity index (χ1) is 13.9. The van der Waals surface area contributed by atoms with Crippen molar-refractivity contribution in [3.63, 3.8) is 0 Å². The molecular weight excluding hydrogens is 402 g/mol. The van der Waals surface area contributed by atoms with Crippen molar-refractivity contribution in [3.05, 3.63) is 51.9 Å². The third kappa shape index (κ3) is 3.98. The van der Waals surface area contributed by atoms with Crippen molar-refractivity contribution in [1.82, 2.24) is 14.9 Å². The zero-order valence-electron chi connectivity index (χ0n) is 16.9. The lowest BCUT2D eigenvalue weighted by Gasteiger charge is -2.33. The molecule has 29 heavy (non-hydrogen) atoms. The molecule has 1 saturated heterocycles. The minimum absolute atomic E-state index is 0.0673. The molecule has 3 heterocycles. The number of aromatic amines is 1.